The van der Waals surface area contributed by atoms with E-state index in [-0.39, 0.29) is 0 Å². The SMILES string of the molecule is C=C[CH]C=CI. The molecule has 1 radical (unpaired) electrons. The first kappa shape index (κ1) is 6.21. The van der Waals surface area contributed by atoms with Crippen LogP contribution in [0.15, 0.2) is 22.8 Å². The van der Waals surface area contributed by atoms with Gasteiger partial charge in [0.05, 0.1) is 0 Å². The van der Waals surface area contributed by atoms with Crippen molar-refractivity contribution in [2.75, 3.05) is 0 Å². The van der Waals surface area contributed by atoms with E-state index in [2.05, 4.69) is 29.2 Å². The summed E-state index contributed by atoms with van der Waals surface area (Å²) in [5.74, 6) is 0. The van der Waals surface area contributed by atoms with E-state index in [1.165, 1.54) is 0 Å². The van der Waals surface area contributed by atoms with Gasteiger partial charge >= 0.3 is 0 Å². The normalized spacial score (nSPS) is 9.50. The minimum absolute atomic E-state index is 1.75. The Kier molecular flexibility index (Phi) is 5.39. The Hall–Kier alpha value is 0.210. The van der Waals surface area contributed by atoms with Gasteiger partial charge in [0.15, 0.2) is 0 Å². The van der Waals surface area contributed by atoms with Crippen LogP contribution < -0.4 is 0 Å². The zero-order valence-electron chi connectivity index (χ0n) is 3.39. The van der Waals surface area contributed by atoms with Crippen molar-refractivity contribution < 1.29 is 0 Å². The molecule has 0 bridgehead atoms. The average Bonchev–Trinajstić information content (AvgIpc) is 1.61. The fourth-order valence-electron chi connectivity index (χ4n) is 0.121. The summed E-state index contributed by atoms with van der Waals surface area (Å²) in [5, 5.41) is 0. The van der Waals surface area contributed by atoms with E-state index in [0.717, 1.165) is 0 Å². The van der Waals surface area contributed by atoms with Crippen molar-refractivity contribution in [2.24, 2.45) is 0 Å². The third-order valence-electron chi connectivity index (χ3n) is 0.320. The zero-order valence-corrected chi connectivity index (χ0v) is 5.55. The Morgan fingerprint density at radius 3 is 2.33 bits per heavy atom. The minimum Gasteiger partial charge on any atom is -0.102 e. The Morgan fingerprint density at radius 2 is 2.17 bits per heavy atom. The predicted molar refractivity (Wildman–Crippen MR) is 37.7 cm³/mol. The lowest BCUT2D eigenvalue weighted by molar-refractivity contribution is 1.81. The van der Waals surface area contributed by atoms with Gasteiger partial charge < -0.3 is 0 Å². The third kappa shape index (κ3) is 4.21. The molecule has 6 heavy (non-hydrogen) atoms. The summed E-state index contributed by atoms with van der Waals surface area (Å²) in [6.07, 6.45) is 5.55. The van der Waals surface area contributed by atoms with Crippen LogP contribution in [0.3, 0.4) is 0 Å². The van der Waals surface area contributed by atoms with Crippen molar-refractivity contribution >= 4 is 22.6 Å². The molecule has 0 N–H and O–H groups in total. The summed E-state index contributed by atoms with van der Waals surface area (Å²) in [7, 11) is 0. The van der Waals surface area contributed by atoms with Crippen molar-refractivity contribution in [3.63, 3.8) is 0 Å². The topological polar surface area (TPSA) is 0 Å². The maximum absolute atomic E-state index is 3.49. The van der Waals surface area contributed by atoms with E-state index in [4.69, 9.17) is 0 Å². The smallest absolute Gasteiger partial charge is 0.00492 e. The van der Waals surface area contributed by atoms with Gasteiger partial charge in [-0.3, -0.25) is 0 Å². The van der Waals surface area contributed by atoms with Gasteiger partial charge in [0.1, 0.15) is 0 Å². The molecule has 0 saturated heterocycles. The molecule has 0 aliphatic carbocycles. The number of hydrogen-bond donors (Lipinski definition) is 0. The lowest BCUT2D eigenvalue weighted by atomic mass is 10.4. The van der Waals surface area contributed by atoms with Crippen molar-refractivity contribution in [2.45, 2.75) is 0 Å². The molecular weight excluding hydrogens is 187 g/mol. The Labute approximate surface area is 52.1 Å². The van der Waals surface area contributed by atoms with Crippen LogP contribution in [-0.2, 0) is 0 Å². The molecule has 0 nitrogen and oxygen atoms in total. The molecule has 0 unspecified atom stereocenters. The highest BCUT2D eigenvalue weighted by Crippen LogP contribution is 1.86. The summed E-state index contributed by atoms with van der Waals surface area (Å²) in [4.78, 5) is 0. The largest absolute Gasteiger partial charge is 0.102 e. The van der Waals surface area contributed by atoms with Gasteiger partial charge in [-0.1, -0.05) is 34.7 Å². The Balaban J connectivity index is 2.85. The number of rotatable bonds is 2. The first-order chi connectivity index (χ1) is 2.91. The van der Waals surface area contributed by atoms with Crippen LogP contribution in [0.5, 0.6) is 0 Å². The van der Waals surface area contributed by atoms with Crippen LogP contribution in [0.25, 0.3) is 0 Å². The molecule has 0 amide bonds. The molecule has 0 aromatic carbocycles. The van der Waals surface area contributed by atoms with Crippen LogP contribution in [-0.4, -0.2) is 0 Å². The molecule has 0 atom stereocenters. The molecule has 0 aromatic rings. The van der Waals surface area contributed by atoms with Crippen molar-refractivity contribution in [1.29, 1.82) is 0 Å². The predicted octanol–water partition coefficient (Wildman–Crippen LogP) is 2.33. The van der Waals surface area contributed by atoms with E-state index < -0.39 is 0 Å². The first-order valence-electron chi connectivity index (χ1n) is 1.63. The number of halogens is 1. The summed E-state index contributed by atoms with van der Waals surface area (Å²) in [6.45, 7) is 3.49. The number of allylic oxidation sites excluding steroid dienone is 2. The van der Waals surface area contributed by atoms with Crippen LogP contribution in [0.4, 0.5) is 0 Å². The van der Waals surface area contributed by atoms with Gasteiger partial charge in [0.25, 0.3) is 0 Å². The lowest BCUT2D eigenvalue weighted by Gasteiger charge is -1.67. The molecule has 0 spiro atoms. The Morgan fingerprint density at radius 1 is 1.50 bits per heavy atom. The second-order valence-electron chi connectivity index (χ2n) is 0.747. The first-order valence-corrected chi connectivity index (χ1v) is 2.87. The van der Waals surface area contributed by atoms with Crippen molar-refractivity contribution in [3.05, 3.63) is 29.2 Å². The summed E-state index contributed by atoms with van der Waals surface area (Å²) in [6, 6.07) is 0. The fourth-order valence-corrected chi connectivity index (χ4v) is 0.360. The molecule has 0 aliphatic heterocycles. The molecule has 0 aliphatic rings. The third-order valence-corrected chi connectivity index (χ3v) is 0.735. The molecule has 0 fully saturated rings. The quantitative estimate of drug-likeness (QED) is 0.590. The molecule has 0 rings (SSSR count). The summed E-state index contributed by atoms with van der Waals surface area (Å²) >= 11 is 2.15. The maximum atomic E-state index is 3.49. The highest BCUT2D eigenvalue weighted by molar-refractivity contribution is 14.1. The minimum atomic E-state index is 1.75. The molecule has 0 aromatic heterocycles. The second kappa shape index (κ2) is 5.21. The van der Waals surface area contributed by atoms with Crippen molar-refractivity contribution in [1.82, 2.24) is 0 Å². The zero-order chi connectivity index (χ0) is 4.83. The van der Waals surface area contributed by atoms with E-state index in [1.54, 1.807) is 6.08 Å². The van der Waals surface area contributed by atoms with Crippen LogP contribution >= 0.6 is 22.6 Å². The highest BCUT2D eigenvalue weighted by Gasteiger charge is 1.59. The van der Waals surface area contributed by atoms with E-state index in [0.29, 0.717) is 0 Å². The van der Waals surface area contributed by atoms with E-state index in [1.807, 2.05) is 16.6 Å². The van der Waals surface area contributed by atoms with E-state index in [9.17, 15) is 0 Å². The van der Waals surface area contributed by atoms with Crippen molar-refractivity contribution in [3.8, 4) is 0 Å². The van der Waals surface area contributed by atoms with E-state index >= 15 is 0 Å². The van der Waals surface area contributed by atoms with Crippen LogP contribution in [0, 0.1) is 6.42 Å². The van der Waals surface area contributed by atoms with Crippen LogP contribution in [0.2, 0.25) is 0 Å². The van der Waals surface area contributed by atoms with Crippen LogP contribution in [0.1, 0.15) is 0 Å². The van der Waals surface area contributed by atoms with Gasteiger partial charge in [-0.05, 0) is 4.08 Å². The monoisotopic (exact) mass is 193 g/mol. The fraction of sp³-hybridized carbons (Fsp3) is 0. The molecule has 0 saturated carbocycles. The maximum Gasteiger partial charge on any atom is 0.00492 e. The number of hydrogen-bond acceptors (Lipinski definition) is 0. The summed E-state index contributed by atoms with van der Waals surface area (Å²) < 4.78 is 1.93. The average molecular weight is 193 g/mol. The summed E-state index contributed by atoms with van der Waals surface area (Å²) in [5.41, 5.74) is 0. The van der Waals surface area contributed by atoms with Gasteiger partial charge in [0.2, 0.25) is 0 Å². The molecular formula is C5H6I. The lowest BCUT2D eigenvalue weighted by Crippen LogP contribution is -1.48. The van der Waals surface area contributed by atoms with Gasteiger partial charge in [-0.2, -0.15) is 0 Å². The molecule has 33 valence electrons. The van der Waals surface area contributed by atoms with Gasteiger partial charge in [-0.15, -0.1) is 6.58 Å². The Bertz CT molecular complexity index is 55.0. The van der Waals surface area contributed by atoms with Gasteiger partial charge in [-0.25, -0.2) is 0 Å². The standard InChI is InChI=1S/C5H6I/c1-2-3-4-5-6/h2-5H,1H2. The van der Waals surface area contributed by atoms with Gasteiger partial charge in [0, 0.05) is 6.42 Å². The highest BCUT2D eigenvalue weighted by atomic mass is 127. The second-order valence-corrected chi connectivity index (χ2v) is 1.47. The molecule has 1 heteroatoms. The molecule has 0 heterocycles.